The average Bonchev–Trinajstić information content (AvgIpc) is 2.04. The molecule has 0 saturated heterocycles. The van der Waals surface area contributed by atoms with Crippen LogP contribution in [0.1, 0.15) is 13.8 Å². The molecule has 0 fully saturated rings. The second kappa shape index (κ2) is 7.27. The van der Waals surface area contributed by atoms with Crippen molar-refractivity contribution in [2.75, 3.05) is 31.4 Å². The zero-order valence-corrected chi connectivity index (χ0v) is 10.1. The van der Waals surface area contributed by atoms with Crippen molar-refractivity contribution < 1.29 is 18.6 Å². The molecule has 0 bridgehead atoms. The van der Waals surface area contributed by atoms with Crippen LogP contribution >= 0.6 is 19.0 Å². The molecule has 0 aromatic carbocycles. The molecule has 0 spiro atoms. The fourth-order valence-electron chi connectivity index (χ4n) is 0.957. The van der Waals surface area contributed by atoms with Crippen molar-refractivity contribution in [3.05, 3.63) is 0 Å². The van der Waals surface area contributed by atoms with Gasteiger partial charge in [-0.3, -0.25) is 9.36 Å². The third-order valence-corrected chi connectivity index (χ3v) is 4.29. The highest BCUT2D eigenvalue weighted by atomic mass is 35.5. The van der Waals surface area contributed by atoms with E-state index in [-0.39, 0.29) is 24.8 Å². The summed E-state index contributed by atoms with van der Waals surface area (Å²) in [4.78, 5) is 11.1. The minimum absolute atomic E-state index is 0.179. The van der Waals surface area contributed by atoms with E-state index in [0.29, 0.717) is 6.61 Å². The van der Waals surface area contributed by atoms with Crippen LogP contribution in [0, 0.1) is 0 Å². The third kappa shape index (κ3) is 5.63. The summed E-state index contributed by atoms with van der Waals surface area (Å²) in [6.45, 7) is 4.02. The van der Waals surface area contributed by atoms with Crippen LogP contribution in [0.4, 0.5) is 0 Å². The second-order valence-corrected chi connectivity index (χ2v) is 5.64. The first-order valence-corrected chi connectivity index (χ1v) is 7.05. The molecule has 0 aliphatic rings. The van der Waals surface area contributed by atoms with E-state index >= 15 is 0 Å². The summed E-state index contributed by atoms with van der Waals surface area (Å²) in [6.07, 6.45) is 0.0304. The topological polar surface area (TPSA) is 52.6 Å². The molecule has 6 heteroatoms. The summed E-state index contributed by atoms with van der Waals surface area (Å²) >= 11 is 5.48. The zero-order chi connectivity index (χ0) is 11.0. The number of halogens is 1. The standard InChI is InChI=1S/C8H16ClO4P/c1-3-12-8(10)7-14(11,6-5-9)13-4-2/h3-7H2,1-2H3. The molecular formula is C8H16ClO4P. The van der Waals surface area contributed by atoms with Gasteiger partial charge in [0.15, 0.2) is 0 Å². The lowest BCUT2D eigenvalue weighted by Crippen LogP contribution is -2.13. The van der Waals surface area contributed by atoms with Gasteiger partial charge in [-0.1, -0.05) is 0 Å². The summed E-state index contributed by atoms with van der Waals surface area (Å²) in [6, 6.07) is 0. The van der Waals surface area contributed by atoms with Crippen molar-refractivity contribution in [2.24, 2.45) is 0 Å². The molecule has 0 radical (unpaired) electrons. The summed E-state index contributed by atoms with van der Waals surface area (Å²) in [7, 11) is -2.91. The van der Waals surface area contributed by atoms with Crippen molar-refractivity contribution in [2.45, 2.75) is 13.8 Å². The molecule has 0 aliphatic carbocycles. The molecule has 1 atom stereocenters. The summed E-state index contributed by atoms with van der Waals surface area (Å²) in [5.41, 5.74) is 0. The Morgan fingerprint density at radius 2 is 2.00 bits per heavy atom. The van der Waals surface area contributed by atoms with Gasteiger partial charge in [0.05, 0.1) is 13.2 Å². The molecule has 0 saturated carbocycles. The van der Waals surface area contributed by atoms with Crippen LogP contribution < -0.4 is 0 Å². The van der Waals surface area contributed by atoms with E-state index in [2.05, 4.69) is 0 Å². The zero-order valence-electron chi connectivity index (χ0n) is 8.49. The molecule has 1 unspecified atom stereocenters. The Kier molecular flexibility index (Phi) is 7.24. The van der Waals surface area contributed by atoms with Gasteiger partial charge in [0.1, 0.15) is 6.16 Å². The lowest BCUT2D eigenvalue weighted by atomic mass is 10.8. The number of carbonyl (C=O) groups excluding carboxylic acids is 1. The molecule has 0 aromatic heterocycles. The Morgan fingerprint density at radius 1 is 1.36 bits per heavy atom. The van der Waals surface area contributed by atoms with Crippen molar-refractivity contribution in [1.82, 2.24) is 0 Å². The van der Waals surface area contributed by atoms with E-state index in [1.54, 1.807) is 13.8 Å². The van der Waals surface area contributed by atoms with Crippen LogP contribution in [0.15, 0.2) is 0 Å². The lowest BCUT2D eigenvalue weighted by Gasteiger charge is -2.15. The predicted molar refractivity (Wildman–Crippen MR) is 56.3 cm³/mol. The molecule has 4 nitrogen and oxygen atoms in total. The van der Waals surface area contributed by atoms with Gasteiger partial charge < -0.3 is 9.26 Å². The first-order valence-electron chi connectivity index (χ1n) is 4.52. The van der Waals surface area contributed by atoms with Gasteiger partial charge in [0, 0.05) is 12.0 Å². The smallest absolute Gasteiger partial charge is 0.315 e. The third-order valence-electron chi connectivity index (χ3n) is 1.46. The van der Waals surface area contributed by atoms with E-state index in [1.165, 1.54) is 0 Å². The molecule has 0 heterocycles. The largest absolute Gasteiger partial charge is 0.466 e. The molecule has 0 aromatic rings. The number of carbonyl (C=O) groups is 1. The van der Waals surface area contributed by atoms with Crippen LogP contribution in [-0.4, -0.2) is 37.4 Å². The minimum Gasteiger partial charge on any atom is -0.466 e. The SMILES string of the molecule is CCOC(=O)CP(=O)(CCCl)OCC. The van der Waals surface area contributed by atoms with Crippen molar-refractivity contribution in [1.29, 1.82) is 0 Å². The van der Waals surface area contributed by atoms with Crippen LogP contribution in [0.2, 0.25) is 0 Å². The Labute approximate surface area is 89.4 Å². The number of rotatable bonds is 7. The molecule has 0 amide bonds. The van der Waals surface area contributed by atoms with E-state index in [0.717, 1.165) is 0 Å². The van der Waals surface area contributed by atoms with Gasteiger partial charge in [-0.2, -0.15) is 0 Å². The molecular weight excluding hydrogens is 227 g/mol. The van der Waals surface area contributed by atoms with E-state index < -0.39 is 13.3 Å². The van der Waals surface area contributed by atoms with Crippen molar-refractivity contribution in [3.63, 3.8) is 0 Å². The highest BCUT2D eigenvalue weighted by Gasteiger charge is 2.26. The normalized spacial score (nSPS) is 14.8. The van der Waals surface area contributed by atoms with Crippen molar-refractivity contribution >= 4 is 24.9 Å². The summed E-state index contributed by atoms with van der Waals surface area (Å²) in [5, 5.41) is 0. The number of ether oxygens (including phenoxy) is 1. The quantitative estimate of drug-likeness (QED) is 0.390. The first-order chi connectivity index (χ1) is 6.58. The van der Waals surface area contributed by atoms with E-state index in [4.69, 9.17) is 20.9 Å². The maximum atomic E-state index is 11.9. The fraction of sp³-hybridized carbons (Fsp3) is 0.875. The summed E-state index contributed by atoms with van der Waals surface area (Å²) in [5.74, 6) is -0.272. The van der Waals surface area contributed by atoms with E-state index in [1.807, 2.05) is 0 Å². The van der Waals surface area contributed by atoms with E-state index in [9.17, 15) is 9.36 Å². The second-order valence-electron chi connectivity index (χ2n) is 2.61. The molecule has 0 N–H and O–H groups in total. The maximum Gasteiger partial charge on any atom is 0.315 e. The van der Waals surface area contributed by atoms with Gasteiger partial charge in [0.25, 0.3) is 0 Å². The number of hydrogen-bond acceptors (Lipinski definition) is 4. The molecule has 0 aliphatic heterocycles. The predicted octanol–water partition coefficient (Wildman–Crippen LogP) is 2.10. The highest BCUT2D eigenvalue weighted by molar-refractivity contribution is 7.60. The molecule has 84 valence electrons. The van der Waals surface area contributed by atoms with Gasteiger partial charge in [0.2, 0.25) is 7.37 Å². The van der Waals surface area contributed by atoms with Crippen LogP contribution in [-0.2, 0) is 18.6 Å². The molecule has 14 heavy (non-hydrogen) atoms. The minimum atomic E-state index is -2.91. The highest BCUT2D eigenvalue weighted by Crippen LogP contribution is 2.46. The fourth-order valence-corrected chi connectivity index (χ4v) is 3.32. The van der Waals surface area contributed by atoms with Gasteiger partial charge >= 0.3 is 5.97 Å². The number of esters is 1. The Bertz CT molecular complexity index is 209. The molecule has 0 rings (SSSR count). The van der Waals surface area contributed by atoms with Crippen LogP contribution in [0.5, 0.6) is 0 Å². The van der Waals surface area contributed by atoms with Crippen LogP contribution in [0.25, 0.3) is 0 Å². The summed E-state index contributed by atoms with van der Waals surface area (Å²) < 4.78 is 21.6. The lowest BCUT2D eigenvalue weighted by molar-refractivity contribution is -0.140. The van der Waals surface area contributed by atoms with Gasteiger partial charge in [-0.05, 0) is 13.8 Å². The Morgan fingerprint density at radius 3 is 2.43 bits per heavy atom. The van der Waals surface area contributed by atoms with Gasteiger partial charge in [-0.15, -0.1) is 11.6 Å². The first kappa shape index (κ1) is 13.9. The number of hydrogen-bond donors (Lipinski definition) is 0. The van der Waals surface area contributed by atoms with Gasteiger partial charge in [-0.25, -0.2) is 0 Å². The average molecular weight is 243 g/mol. The van der Waals surface area contributed by atoms with Crippen molar-refractivity contribution in [3.8, 4) is 0 Å². The monoisotopic (exact) mass is 242 g/mol. The van der Waals surface area contributed by atoms with Crippen LogP contribution in [0.3, 0.4) is 0 Å². The maximum absolute atomic E-state index is 11.9. The Hall–Kier alpha value is -0.0500. The Balaban J connectivity index is 4.21. The number of alkyl halides is 1.